The van der Waals surface area contributed by atoms with Crippen LogP contribution in [0.5, 0.6) is 0 Å². The topological polar surface area (TPSA) is 24.1 Å². The van der Waals surface area contributed by atoms with Crippen LogP contribution < -0.4 is 10.6 Å². The largest absolute Gasteiger partial charge is 0.313 e. The van der Waals surface area contributed by atoms with E-state index in [0.717, 1.165) is 31.0 Å². The molecule has 2 rings (SSSR count). The van der Waals surface area contributed by atoms with Crippen LogP contribution in [0.25, 0.3) is 0 Å². The monoisotopic (exact) mass is 210 g/mol. The molecular formula is C13H26N2. The summed E-state index contributed by atoms with van der Waals surface area (Å²) in [6, 6.07) is 1.54. The van der Waals surface area contributed by atoms with E-state index in [1.807, 2.05) is 0 Å². The summed E-state index contributed by atoms with van der Waals surface area (Å²) in [6.07, 6.45) is 7.15. The average Bonchev–Trinajstić information content (AvgIpc) is 3.09. The smallest absolute Gasteiger partial charge is 0.0124 e. The highest BCUT2D eigenvalue weighted by Crippen LogP contribution is 2.44. The van der Waals surface area contributed by atoms with Crippen molar-refractivity contribution in [2.75, 3.05) is 13.1 Å². The van der Waals surface area contributed by atoms with Crippen molar-refractivity contribution < 1.29 is 0 Å². The fraction of sp³-hybridized carbons (Fsp3) is 1.00. The molecule has 2 aliphatic rings. The lowest BCUT2D eigenvalue weighted by molar-refractivity contribution is 0.406. The first-order valence-electron chi connectivity index (χ1n) is 6.78. The molecule has 0 aliphatic heterocycles. The minimum Gasteiger partial charge on any atom is -0.313 e. The molecule has 1 unspecified atom stereocenters. The average molecular weight is 210 g/mol. The molecule has 0 spiro atoms. The molecule has 2 heteroatoms. The lowest BCUT2D eigenvalue weighted by Gasteiger charge is -2.18. The SMILES string of the molecule is CCC(C)NCCNC(C1CC1)C1CC1. The van der Waals surface area contributed by atoms with Gasteiger partial charge in [-0.1, -0.05) is 6.92 Å². The molecule has 15 heavy (non-hydrogen) atoms. The zero-order valence-electron chi connectivity index (χ0n) is 10.3. The molecule has 0 aromatic rings. The highest BCUT2D eigenvalue weighted by Gasteiger charge is 2.40. The Morgan fingerprint density at radius 3 is 2.00 bits per heavy atom. The van der Waals surface area contributed by atoms with E-state index in [0.29, 0.717) is 6.04 Å². The van der Waals surface area contributed by atoms with Gasteiger partial charge in [0.05, 0.1) is 0 Å². The number of nitrogens with one attached hydrogen (secondary N) is 2. The van der Waals surface area contributed by atoms with Crippen LogP contribution in [0.3, 0.4) is 0 Å². The van der Waals surface area contributed by atoms with Crippen LogP contribution in [-0.4, -0.2) is 25.2 Å². The van der Waals surface area contributed by atoms with Crippen LogP contribution in [0.15, 0.2) is 0 Å². The second kappa shape index (κ2) is 5.31. The Labute approximate surface area is 94.2 Å². The van der Waals surface area contributed by atoms with Crippen LogP contribution in [0, 0.1) is 11.8 Å². The second-order valence-electron chi connectivity index (χ2n) is 5.42. The summed E-state index contributed by atoms with van der Waals surface area (Å²) in [6.45, 7) is 6.79. The third-order valence-corrected chi connectivity index (χ3v) is 3.87. The third-order valence-electron chi connectivity index (χ3n) is 3.87. The Morgan fingerprint density at radius 2 is 1.53 bits per heavy atom. The molecule has 0 amide bonds. The van der Waals surface area contributed by atoms with Crippen molar-refractivity contribution in [3.63, 3.8) is 0 Å². The van der Waals surface area contributed by atoms with Crippen molar-refractivity contribution in [3.05, 3.63) is 0 Å². The van der Waals surface area contributed by atoms with E-state index in [2.05, 4.69) is 24.5 Å². The molecule has 0 saturated heterocycles. The predicted molar refractivity (Wildman–Crippen MR) is 65.0 cm³/mol. The summed E-state index contributed by atoms with van der Waals surface area (Å²) in [7, 11) is 0. The summed E-state index contributed by atoms with van der Waals surface area (Å²) in [5, 5.41) is 7.30. The molecule has 0 aromatic carbocycles. The van der Waals surface area contributed by atoms with Crippen molar-refractivity contribution in [1.82, 2.24) is 10.6 Å². The standard InChI is InChI=1S/C13H26N2/c1-3-10(2)14-8-9-15-13(11-4-5-11)12-6-7-12/h10-15H,3-9H2,1-2H3. The number of rotatable bonds is 8. The van der Waals surface area contributed by atoms with Crippen molar-refractivity contribution >= 4 is 0 Å². The Balaban J connectivity index is 1.55. The quantitative estimate of drug-likeness (QED) is 0.600. The fourth-order valence-electron chi connectivity index (χ4n) is 2.33. The van der Waals surface area contributed by atoms with E-state index in [4.69, 9.17) is 0 Å². The third kappa shape index (κ3) is 3.76. The van der Waals surface area contributed by atoms with Gasteiger partial charge in [-0.3, -0.25) is 0 Å². The Hall–Kier alpha value is -0.0800. The van der Waals surface area contributed by atoms with Crippen LogP contribution >= 0.6 is 0 Å². The minimum atomic E-state index is 0.673. The highest BCUT2D eigenvalue weighted by atomic mass is 15.0. The first-order chi connectivity index (χ1) is 7.31. The summed E-state index contributed by atoms with van der Waals surface area (Å²) < 4.78 is 0. The van der Waals surface area contributed by atoms with Gasteiger partial charge in [0.15, 0.2) is 0 Å². The maximum atomic E-state index is 3.76. The molecule has 2 aliphatic carbocycles. The zero-order chi connectivity index (χ0) is 10.7. The van der Waals surface area contributed by atoms with Crippen LogP contribution in [0.4, 0.5) is 0 Å². The van der Waals surface area contributed by atoms with E-state index >= 15 is 0 Å². The summed E-state index contributed by atoms with van der Waals surface area (Å²) >= 11 is 0. The maximum Gasteiger partial charge on any atom is 0.0124 e. The van der Waals surface area contributed by atoms with Gasteiger partial charge in [0.2, 0.25) is 0 Å². The van der Waals surface area contributed by atoms with Gasteiger partial charge in [0.25, 0.3) is 0 Å². The van der Waals surface area contributed by atoms with Crippen molar-refractivity contribution in [2.24, 2.45) is 11.8 Å². The first kappa shape index (κ1) is 11.4. The van der Waals surface area contributed by atoms with Crippen LogP contribution in [-0.2, 0) is 0 Å². The van der Waals surface area contributed by atoms with Gasteiger partial charge < -0.3 is 10.6 Å². The summed E-state index contributed by atoms with van der Waals surface area (Å²) in [4.78, 5) is 0. The Kier molecular flexibility index (Phi) is 4.04. The van der Waals surface area contributed by atoms with E-state index in [-0.39, 0.29) is 0 Å². The Bertz CT molecular complexity index is 173. The molecule has 2 fully saturated rings. The van der Waals surface area contributed by atoms with Gasteiger partial charge in [-0.2, -0.15) is 0 Å². The normalized spacial score (nSPS) is 23.4. The summed E-state index contributed by atoms with van der Waals surface area (Å²) in [5.74, 6) is 2.06. The zero-order valence-corrected chi connectivity index (χ0v) is 10.3. The molecule has 0 bridgehead atoms. The fourth-order valence-corrected chi connectivity index (χ4v) is 2.33. The lowest BCUT2D eigenvalue weighted by atomic mass is 10.1. The van der Waals surface area contributed by atoms with E-state index in [1.165, 1.54) is 32.1 Å². The molecule has 2 nitrogen and oxygen atoms in total. The van der Waals surface area contributed by atoms with Gasteiger partial charge in [-0.15, -0.1) is 0 Å². The van der Waals surface area contributed by atoms with E-state index in [9.17, 15) is 0 Å². The van der Waals surface area contributed by atoms with Crippen LogP contribution in [0.1, 0.15) is 46.0 Å². The van der Waals surface area contributed by atoms with Crippen molar-refractivity contribution in [1.29, 1.82) is 0 Å². The second-order valence-corrected chi connectivity index (χ2v) is 5.42. The van der Waals surface area contributed by atoms with Gasteiger partial charge in [-0.05, 0) is 50.9 Å². The lowest BCUT2D eigenvalue weighted by Crippen LogP contribution is -2.39. The molecule has 2 N–H and O–H groups in total. The van der Waals surface area contributed by atoms with E-state index < -0.39 is 0 Å². The van der Waals surface area contributed by atoms with E-state index in [1.54, 1.807) is 0 Å². The predicted octanol–water partition coefficient (Wildman–Crippen LogP) is 2.15. The van der Waals surface area contributed by atoms with Crippen molar-refractivity contribution in [2.45, 2.75) is 58.0 Å². The van der Waals surface area contributed by atoms with Crippen molar-refractivity contribution in [3.8, 4) is 0 Å². The Morgan fingerprint density at radius 1 is 1.00 bits per heavy atom. The van der Waals surface area contributed by atoms with Gasteiger partial charge >= 0.3 is 0 Å². The summed E-state index contributed by atoms with van der Waals surface area (Å²) in [5.41, 5.74) is 0. The molecule has 0 radical (unpaired) electrons. The minimum absolute atomic E-state index is 0.673. The molecule has 1 atom stereocenters. The molecule has 0 aromatic heterocycles. The molecule has 2 saturated carbocycles. The van der Waals surface area contributed by atoms with Gasteiger partial charge in [-0.25, -0.2) is 0 Å². The molecule has 88 valence electrons. The maximum absolute atomic E-state index is 3.76. The van der Waals surface area contributed by atoms with Gasteiger partial charge in [0, 0.05) is 25.2 Å². The number of hydrogen-bond donors (Lipinski definition) is 2. The van der Waals surface area contributed by atoms with Crippen LogP contribution in [0.2, 0.25) is 0 Å². The first-order valence-corrected chi connectivity index (χ1v) is 6.78. The molecular weight excluding hydrogens is 184 g/mol. The van der Waals surface area contributed by atoms with Gasteiger partial charge in [0.1, 0.15) is 0 Å². The number of hydrogen-bond acceptors (Lipinski definition) is 2. The highest BCUT2D eigenvalue weighted by molar-refractivity contribution is 4.96. The molecule has 0 heterocycles.